The lowest BCUT2D eigenvalue weighted by Crippen LogP contribution is -2.49. The van der Waals surface area contributed by atoms with Crippen LogP contribution < -0.4 is 10.2 Å². The second-order valence-corrected chi connectivity index (χ2v) is 4.27. The molecule has 1 aromatic carbocycles. The van der Waals surface area contributed by atoms with Crippen LogP contribution >= 0.6 is 0 Å². The summed E-state index contributed by atoms with van der Waals surface area (Å²) in [5.41, 5.74) is 3.21. The summed E-state index contributed by atoms with van der Waals surface area (Å²) in [7, 11) is 0. The molecule has 1 heterocycles. The summed E-state index contributed by atoms with van der Waals surface area (Å²) < 4.78 is 15.3. The molecule has 114 valence electrons. The van der Waals surface area contributed by atoms with E-state index in [1.807, 2.05) is 24.3 Å². The summed E-state index contributed by atoms with van der Waals surface area (Å²) in [6.45, 7) is 4.03. The maximum absolute atomic E-state index is 12.1. The molecular weight excluding hydrogens is 276 g/mol. The monoisotopic (exact) mass is 294 g/mol. The second-order valence-electron chi connectivity index (χ2n) is 4.27. The number of para-hydroxylation sites is 1. The Labute approximate surface area is 122 Å². The Hall–Kier alpha value is -2.44. The molecule has 1 unspecified atom stereocenters. The van der Waals surface area contributed by atoms with Crippen molar-refractivity contribution in [3.63, 3.8) is 0 Å². The van der Waals surface area contributed by atoms with Crippen molar-refractivity contribution in [3.05, 3.63) is 29.8 Å². The van der Waals surface area contributed by atoms with Crippen LogP contribution in [0.25, 0.3) is 0 Å². The van der Waals surface area contributed by atoms with Crippen molar-refractivity contribution in [1.29, 1.82) is 0 Å². The minimum atomic E-state index is -0.713. The van der Waals surface area contributed by atoms with Crippen LogP contribution in [0.1, 0.15) is 25.5 Å². The Morgan fingerprint density at radius 1 is 1.29 bits per heavy atom. The Balaban J connectivity index is 2.19. The van der Waals surface area contributed by atoms with Crippen LogP contribution in [0.4, 0.5) is 9.59 Å². The molecule has 2 amide bonds. The fourth-order valence-corrected chi connectivity index (χ4v) is 2.06. The maximum atomic E-state index is 12.1. The predicted octanol–water partition coefficient (Wildman–Crippen LogP) is 2.24. The third kappa shape index (κ3) is 3.36. The highest BCUT2D eigenvalue weighted by molar-refractivity contribution is 5.74. The van der Waals surface area contributed by atoms with E-state index in [1.54, 1.807) is 13.8 Å². The van der Waals surface area contributed by atoms with E-state index in [0.29, 0.717) is 5.75 Å². The second kappa shape index (κ2) is 6.83. The van der Waals surface area contributed by atoms with Gasteiger partial charge in [-0.2, -0.15) is 0 Å². The Morgan fingerprint density at radius 2 is 2.00 bits per heavy atom. The molecule has 1 aliphatic heterocycles. The maximum Gasteiger partial charge on any atom is 0.429 e. The van der Waals surface area contributed by atoms with Gasteiger partial charge in [0.05, 0.1) is 13.2 Å². The molecule has 0 radical (unpaired) electrons. The molecule has 2 rings (SSSR count). The van der Waals surface area contributed by atoms with E-state index in [2.05, 4.69) is 5.43 Å². The summed E-state index contributed by atoms with van der Waals surface area (Å²) in [5, 5.41) is 1.10. The zero-order chi connectivity index (χ0) is 15.2. The number of nitrogens with one attached hydrogen (secondary N) is 1. The van der Waals surface area contributed by atoms with Gasteiger partial charge in [-0.05, 0) is 19.9 Å². The topological polar surface area (TPSA) is 77.1 Å². The van der Waals surface area contributed by atoms with Gasteiger partial charge in [0.25, 0.3) is 0 Å². The lowest BCUT2D eigenvalue weighted by atomic mass is 10.1. The minimum Gasteiger partial charge on any atom is -0.491 e. The van der Waals surface area contributed by atoms with Gasteiger partial charge in [0.1, 0.15) is 18.4 Å². The third-order valence-electron chi connectivity index (χ3n) is 2.94. The molecule has 1 aliphatic rings. The number of rotatable bonds is 3. The van der Waals surface area contributed by atoms with Crippen molar-refractivity contribution in [2.45, 2.75) is 19.9 Å². The minimum absolute atomic E-state index is 0.203. The third-order valence-corrected chi connectivity index (χ3v) is 2.94. The molecule has 7 heteroatoms. The zero-order valence-corrected chi connectivity index (χ0v) is 12.0. The molecule has 0 spiro atoms. The molecule has 0 saturated heterocycles. The van der Waals surface area contributed by atoms with Crippen LogP contribution in [0, 0.1) is 0 Å². The zero-order valence-electron chi connectivity index (χ0n) is 12.0. The van der Waals surface area contributed by atoms with Crippen molar-refractivity contribution in [2.24, 2.45) is 0 Å². The first-order valence-electron chi connectivity index (χ1n) is 6.78. The summed E-state index contributed by atoms with van der Waals surface area (Å²) in [5.74, 6) is 0.683. The van der Waals surface area contributed by atoms with Crippen molar-refractivity contribution >= 4 is 12.2 Å². The van der Waals surface area contributed by atoms with Gasteiger partial charge in [-0.3, -0.25) is 0 Å². The van der Waals surface area contributed by atoms with Gasteiger partial charge < -0.3 is 14.2 Å². The van der Waals surface area contributed by atoms with Crippen molar-refractivity contribution in [1.82, 2.24) is 10.4 Å². The van der Waals surface area contributed by atoms with Gasteiger partial charge in [0, 0.05) is 5.56 Å². The first-order chi connectivity index (χ1) is 10.2. The summed E-state index contributed by atoms with van der Waals surface area (Å²) >= 11 is 0. The van der Waals surface area contributed by atoms with Crippen molar-refractivity contribution in [2.75, 3.05) is 19.8 Å². The normalized spacial score (nSPS) is 15.6. The molecule has 0 saturated carbocycles. The van der Waals surface area contributed by atoms with Crippen LogP contribution in [0.2, 0.25) is 0 Å². The SMILES string of the molecule is CCOC(=O)NN(C(=O)OCC)C1COc2ccccc21. The number of carbonyl (C=O) groups excluding carboxylic acids is 2. The molecule has 1 atom stereocenters. The number of hydrogen-bond acceptors (Lipinski definition) is 5. The highest BCUT2D eigenvalue weighted by Crippen LogP contribution is 2.35. The molecule has 0 bridgehead atoms. The molecule has 0 aliphatic carbocycles. The Kier molecular flexibility index (Phi) is 4.86. The summed E-state index contributed by atoms with van der Waals surface area (Å²) in [6, 6.07) is 6.88. The number of amides is 2. The molecule has 1 N–H and O–H groups in total. The number of carbonyl (C=O) groups is 2. The van der Waals surface area contributed by atoms with Crippen molar-refractivity contribution in [3.8, 4) is 5.75 Å². The van der Waals surface area contributed by atoms with Gasteiger partial charge >= 0.3 is 12.2 Å². The van der Waals surface area contributed by atoms with Crippen LogP contribution in [-0.2, 0) is 9.47 Å². The van der Waals surface area contributed by atoms with Crippen LogP contribution in [0.5, 0.6) is 5.75 Å². The van der Waals surface area contributed by atoms with E-state index in [1.165, 1.54) is 0 Å². The first-order valence-corrected chi connectivity index (χ1v) is 6.78. The fraction of sp³-hybridized carbons (Fsp3) is 0.429. The largest absolute Gasteiger partial charge is 0.491 e. The van der Waals surface area contributed by atoms with Gasteiger partial charge in [-0.25, -0.2) is 20.0 Å². The molecule has 7 nitrogen and oxygen atoms in total. The summed E-state index contributed by atoms with van der Waals surface area (Å²) in [4.78, 5) is 23.7. The number of nitrogens with zero attached hydrogens (tertiary/aromatic N) is 1. The molecule has 0 aromatic heterocycles. The average molecular weight is 294 g/mol. The quantitative estimate of drug-likeness (QED) is 0.865. The number of fused-ring (bicyclic) bond motifs is 1. The smallest absolute Gasteiger partial charge is 0.429 e. The van der Waals surface area contributed by atoms with Gasteiger partial charge in [-0.1, -0.05) is 18.2 Å². The van der Waals surface area contributed by atoms with Crippen LogP contribution in [0.3, 0.4) is 0 Å². The Bertz CT molecular complexity index is 520. The van der Waals surface area contributed by atoms with E-state index < -0.39 is 18.2 Å². The molecule has 0 fully saturated rings. The van der Waals surface area contributed by atoms with Crippen LogP contribution in [-0.4, -0.2) is 37.0 Å². The van der Waals surface area contributed by atoms with Gasteiger partial charge in [0.15, 0.2) is 0 Å². The highest BCUT2D eigenvalue weighted by Gasteiger charge is 2.35. The molecular formula is C14H18N2O5. The summed E-state index contributed by atoms with van der Waals surface area (Å²) in [6.07, 6.45) is -1.37. The Morgan fingerprint density at radius 3 is 2.71 bits per heavy atom. The lowest BCUT2D eigenvalue weighted by molar-refractivity contribution is 0.0497. The van der Waals surface area contributed by atoms with Gasteiger partial charge in [0.2, 0.25) is 0 Å². The predicted molar refractivity (Wildman–Crippen MR) is 73.7 cm³/mol. The first kappa shape index (κ1) is 15.0. The standard InChI is InChI=1S/C14H18N2O5/c1-3-19-13(17)15-16(14(18)20-4-2)11-9-21-12-8-6-5-7-10(11)12/h5-8,11H,3-4,9H2,1-2H3,(H,15,17). The molecule has 1 aromatic rings. The van der Waals surface area contributed by atoms with E-state index >= 15 is 0 Å². The number of benzene rings is 1. The van der Waals surface area contributed by atoms with E-state index in [0.717, 1.165) is 10.6 Å². The van der Waals surface area contributed by atoms with Crippen LogP contribution in [0.15, 0.2) is 24.3 Å². The van der Waals surface area contributed by atoms with Crippen molar-refractivity contribution < 1.29 is 23.8 Å². The van der Waals surface area contributed by atoms with E-state index in [9.17, 15) is 9.59 Å². The highest BCUT2D eigenvalue weighted by atomic mass is 16.6. The van der Waals surface area contributed by atoms with E-state index in [-0.39, 0.29) is 19.8 Å². The lowest BCUT2D eigenvalue weighted by Gasteiger charge is -2.26. The molecule has 21 heavy (non-hydrogen) atoms. The number of ether oxygens (including phenoxy) is 3. The van der Waals surface area contributed by atoms with E-state index in [4.69, 9.17) is 14.2 Å². The number of hydrogen-bond donors (Lipinski definition) is 1. The van der Waals surface area contributed by atoms with Gasteiger partial charge in [-0.15, -0.1) is 0 Å². The average Bonchev–Trinajstić information content (AvgIpc) is 2.89. The number of hydrazine groups is 1. The fourth-order valence-electron chi connectivity index (χ4n) is 2.06.